The lowest BCUT2D eigenvalue weighted by Gasteiger charge is -2.37. The zero-order valence-electron chi connectivity index (χ0n) is 17.9. The molecule has 1 fully saturated rings. The van der Waals surface area contributed by atoms with Crippen LogP contribution in [0.15, 0.2) is 48.5 Å². The SMILES string of the molecule is Cc1ccc2[nH]c(CNC(=O)N(C)[C@@H]3CCCN(C(=O)c4ccc(O)cc4)C3)cc2c1. The Kier molecular flexibility index (Phi) is 5.84. The van der Waals surface area contributed by atoms with Crippen LogP contribution in [0, 0.1) is 6.92 Å². The highest BCUT2D eigenvalue weighted by Crippen LogP contribution is 2.20. The topological polar surface area (TPSA) is 88.7 Å². The first-order valence-electron chi connectivity index (χ1n) is 10.6. The van der Waals surface area contributed by atoms with Crippen molar-refractivity contribution in [2.45, 2.75) is 32.4 Å². The first-order chi connectivity index (χ1) is 14.9. The van der Waals surface area contributed by atoms with Crippen LogP contribution in [0.25, 0.3) is 10.9 Å². The number of hydrogen-bond donors (Lipinski definition) is 3. The summed E-state index contributed by atoms with van der Waals surface area (Å²) in [5.41, 5.74) is 3.75. The third-order valence-electron chi connectivity index (χ3n) is 5.93. The molecule has 0 unspecified atom stereocenters. The van der Waals surface area contributed by atoms with Crippen LogP contribution < -0.4 is 5.32 Å². The van der Waals surface area contributed by atoms with Crippen molar-refractivity contribution >= 4 is 22.8 Å². The van der Waals surface area contributed by atoms with Crippen LogP contribution in [0.2, 0.25) is 0 Å². The number of carbonyl (C=O) groups is 2. The maximum Gasteiger partial charge on any atom is 0.317 e. The van der Waals surface area contributed by atoms with Crippen LogP contribution >= 0.6 is 0 Å². The van der Waals surface area contributed by atoms with Crippen LogP contribution in [0.3, 0.4) is 0 Å². The molecule has 1 saturated heterocycles. The first kappa shape index (κ1) is 20.8. The van der Waals surface area contributed by atoms with Gasteiger partial charge in [-0.15, -0.1) is 0 Å². The number of amides is 3. The Bertz CT molecular complexity index is 1090. The van der Waals surface area contributed by atoms with E-state index in [1.165, 1.54) is 17.7 Å². The summed E-state index contributed by atoms with van der Waals surface area (Å²) in [6, 6.07) is 14.4. The van der Waals surface area contributed by atoms with E-state index in [9.17, 15) is 14.7 Å². The number of piperidine rings is 1. The number of nitrogens with zero attached hydrogens (tertiary/aromatic N) is 2. The van der Waals surface area contributed by atoms with Gasteiger partial charge in [0.2, 0.25) is 0 Å². The van der Waals surface area contributed by atoms with E-state index in [1.807, 2.05) is 6.07 Å². The van der Waals surface area contributed by atoms with E-state index in [1.54, 1.807) is 29.0 Å². The molecule has 0 saturated carbocycles. The van der Waals surface area contributed by atoms with Crippen molar-refractivity contribution in [3.8, 4) is 5.75 Å². The first-order valence-corrected chi connectivity index (χ1v) is 10.6. The molecular weight excluding hydrogens is 392 g/mol. The fourth-order valence-corrected chi connectivity index (χ4v) is 4.11. The van der Waals surface area contributed by atoms with Gasteiger partial charge in [0.1, 0.15) is 5.75 Å². The number of likely N-dealkylation sites (N-methyl/N-ethyl adjacent to an activating group) is 1. The van der Waals surface area contributed by atoms with Gasteiger partial charge in [-0.3, -0.25) is 4.79 Å². The zero-order chi connectivity index (χ0) is 22.0. The van der Waals surface area contributed by atoms with Crippen LogP contribution in [0.1, 0.15) is 34.5 Å². The highest BCUT2D eigenvalue weighted by Gasteiger charge is 2.29. The Labute approximate surface area is 181 Å². The lowest BCUT2D eigenvalue weighted by Crippen LogP contribution is -2.52. The van der Waals surface area contributed by atoms with Gasteiger partial charge in [-0.25, -0.2) is 4.79 Å². The number of aryl methyl sites for hydroxylation is 1. The van der Waals surface area contributed by atoms with E-state index >= 15 is 0 Å². The molecule has 4 rings (SSSR count). The predicted molar refractivity (Wildman–Crippen MR) is 120 cm³/mol. The number of aromatic hydroxyl groups is 1. The number of nitrogens with one attached hydrogen (secondary N) is 2. The molecule has 162 valence electrons. The van der Waals surface area contributed by atoms with E-state index < -0.39 is 0 Å². The van der Waals surface area contributed by atoms with Crippen molar-refractivity contribution in [3.05, 3.63) is 65.4 Å². The molecule has 0 aliphatic carbocycles. The van der Waals surface area contributed by atoms with Gasteiger partial charge >= 0.3 is 6.03 Å². The Morgan fingerprint density at radius 2 is 1.97 bits per heavy atom. The third kappa shape index (κ3) is 4.66. The molecule has 7 heteroatoms. The molecule has 2 heterocycles. The number of carbonyl (C=O) groups excluding carboxylic acids is 2. The van der Waals surface area contributed by atoms with Crippen LogP contribution in [-0.2, 0) is 6.54 Å². The van der Waals surface area contributed by atoms with Crippen molar-refractivity contribution in [1.29, 1.82) is 0 Å². The summed E-state index contributed by atoms with van der Waals surface area (Å²) in [5.74, 6) is 0.0569. The molecule has 31 heavy (non-hydrogen) atoms. The van der Waals surface area contributed by atoms with Gasteiger partial charge in [0.15, 0.2) is 0 Å². The molecule has 3 N–H and O–H groups in total. The molecule has 1 aliphatic rings. The third-order valence-corrected chi connectivity index (χ3v) is 5.93. The lowest BCUT2D eigenvalue weighted by molar-refractivity contribution is 0.0636. The predicted octanol–water partition coefficient (Wildman–Crippen LogP) is 3.63. The van der Waals surface area contributed by atoms with Gasteiger partial charge in [0.25, 0.3) is 5.91 Å². The summed E-state index contributed by atoms with van der Waals surface area (Å²) in [6.07, 6.45) is 1.70. The molecule has 0 radical (unpaired) electrons. The molecule has 0 spiro atoms. The van der Waals surface area contributed by atoms with Crippen LogP contribution in [0.4, 0.5) is 4.79 Å². The number of hydrogen-bond acceptors (Lipinski definition) is 3. The number of aromatic nitrogens is 1. The highest BCUT2D eigenvalue weighted by atomic mass is 16.3. The van der Waals surface area contributed by atoms with Gasteiger partial charge in [-0.1, -0.05) is 11.6 Å². The van der Waals surface area contributed by atoms with Crippen molar-refractivity contribution in [2.24, 2.45) is 0 Å². The van der Waals surface area contributed by atoms with Crippen molar-refractivity contribution in [2.75, 3.05) is 20.1 Å². The fraction of sp³-hybridized carbons (Fsp3) is 0.333. The number of aromatic amines is 1. The number of H-pyrrole nitrogens is 1. The monoisotopic (exact) mass is 420 g/mol. The zero-order valence-corrected chi connectivity index (χ0v) is 17.9. The van der Waals surface area contributed by atoms with Gasteiger partial charge in [-0.05, 0) is 67.6 Å². The largest absolute Gasteiger partial charge is 0.508 e. The molecule has 1 aliphatic heterocycles. The van der Waals surface area contributed by atoms with E-state index in [-0.39, 0.29) is 23.7 Å². The van der Waals surface area contributed by atoms with E-state index in [4.69, 9.17) is 0 Å². The number of phenolic OH excluding ortho intramolecular Hbond substituents is 1. The molecule has 0 bridgehead atoms. The summed E-state index contributed by atoms with van der Waals surface area (Å²) < 4.78 is 0. The standard InChI is InChI=1S/C24H28N4O3/c1-16-5-10-22-18(12-16)13-19(26-22)14-25-24(31)27(2)20-4-3-11-28(15-20)23(30)17-6-8-21(29)9-7-17/h5-10,12-13,20,26,29H,3-4,11,14-15H2,1-2H3,(H,25,31)/t20-/m1/s1. The minimum atomic E-state index is -0.154. The Morgan fingerprint density at radius 3 is 2.74 bits per heavy atom. The highest BCUT2D eigenvalue weighted by molar-refractivity contribution is 5.94. The average Bonchev–Trinajstić information content (AvgIpc) is 3.19. The van der Waals surface area contributed by atoms with E-state index in [0.717, 1.165) is 29.4 Å². The molecular formula is C24H28N4O3. The number of urea groups is 1. The second-order valence-corrected chi connectivity index (χ2v) is 8.25. The van der Waals surface area contributed by atoms with Gasteiger partial charge < -0.3 is 25.2 Å². The quantitative estimate of drug-likeness (QED) is 0.602. The van der Waals surface area contributed by atoms with Crippen LogP contribution in [0.5, 0.6) is 5.75 Å². The summed E-state index contributed by atoms with van der Waals surface area (Å²) in [7, 11) is 1.78. The lowest BCUT2D eigenvalue weighted by atomic mass is 10.0. The van der Waals surface area contributed by atoms with E-state index in [2.05, 4.69) is 35.4 Å². The summed E-state index contributed by atoms with van der Waals surface area (Å²) in [6.45, 7) is 3.64. The molecule has 1 aromatic heterocycles. The number of benzene rings is 2. The fourth-order valence-electron chi connectivity index (χ4n) is 4.11. The molecule has 3 aromatic rings. The number of phenols is 1. The Morgan fingerprint density at radius 1 is 1.19 bits per heavy atom. The van der Waals surface area contributed by atoms with Gasteiger partial charge in [0.05, 0.1) is 12.6 Å². The van der Waals surface area contributed by atoms with Crippen molar-refractivity contribution in [3.63, 3.8) is 0 Å². The minimum Gasteiger partial charge on any atom is -0.508 e. The Hall–Kier alpha value is -3.48. The number of fused-ring (bicyclic) bond motifs is 1. The average molecular weight is 421 g/mol. The number of rotatable bonds is 4. The summed E-state index contributed by atoms with van der Waals surface area (Å²) >= 11 is 0. The smallest absolute Gasteiger partial charge is 0.317 e. The molecule has 2 aromatic carbocycles. The maximum atomic E-state index is 12.8. The maximum absolute atomic E-state index is 12.8. The number of likely N-dealkylation sites (tertiary alicyclic amines) is 1. The second-order valence-electron chi connectivity index (χ2n) is 8.25. The Balaban J connectivity index is 1.35. The van der Waals surface area contributed by atoms with Gasteiger partial charge in [0, 0.05) is 36.9 Å². The molecule has 1 atom stereocenters. The van der Waals surface area contributed by atoms with Crippen molar-refractivity contribution in [1.82, 2.24) is 20.1 Å². The van der Waals surface area contributed by atoms with Crippen molar-refractivity contribution < 1.29 is 14.7 Å². The summed E-state index contributed by atoms with van der Waals surface area (Å²) in [4.78, 5) is 32.3. The van der Waals surface area contributed by atoms with E-state index in [0.29, 0.717) is 25.2 Å². The molecule has 7 nitrogen and oxygen atoms in total. The normalized spacial score (nSPS) is 16.3. The second kappa shape index (κ2) is 8.71. The van der Waals surface area contributed by atoms with Gasteiger partial charge in [-0.2, -0.15) is 0 Å². The molecule has 3 amide bonds. The summed E-state index contributed by atoms with van der Waals surface area (Å²) in [5, 5.41) is 13.5. The van der Waals surface area contributed by atoms with Crippen LogP contribution in [-0.4, -0.2) is 58.0 Å². The minimum absolute atomic E-state index is 0.0415.